The van der Waals surface area contributed by atoms with Crippen LogP contribution in [0.5, 0.6) is 5.75 Å². The molecular formula is C55H94N6O12. The van der Waals surface area contributed by atoms with Crippen molar-refractivity contribution in [2.24, 2.45) is 47.2 Å². The molecule has 1 aromatic carbocycles. The summed E-state index contributed by atoms with van der Waals surface area (Å²) in [6, 6.07) is 2.40. The zero-order chi connectivity index (χ0) is 55.1. The number of hydrogen-bond donors (Lipinski definition) is 7. The largest absolute Gasteiger partial charge is 0.508 e. The lowest BCUT2D eigenvalue weighted by atomic mass is 9.74. The first-order valence-corrected chi connectivity index (χ1v) is 26.9. The van der Waals surface area contributed by atoms with E-state index in [2.05, 4.69) is 29.8 Å². The van der Waals surface area contributed by atoms with Crippen molar-refractivity contribution < 1.29 is 58.4 Å². The summed E-state index contributed by atoms with van der Waals surface area (Å²) in [5, 5.41) is 37.2. The van der Waals surface area contributed by atoms with Gasteiger partial charge in [0.15, 0.2) is 5.78 Å². The number of hydrogen-bond acceptors (Lipinski definition) is 12. The number of aliphatic carboxylic acids is 2. The molecule has 1 saturated heterocycles. The number of carbonyl (C=O) groups is 7. The van der Waals surface area contributed by atoms with Gasteiger partial charge in [-0.2, -0.15) is 0 Å². The number of aromatic hydroxyl groups is 1. The Balaban J connectivity index is 2.07. The zero-order valence-electron chi connectivity index (χ0n) is 46.2. The first-order valence-electron chi connectivity index (χ1n) is 26.9. The number of rotatable bonds is 36. The van der Waals surface area contributed by atoms with Gasteiger partial charge in [-0.3, -0.25) is 33.7 Å². The maximum absolute atomic E-state index is 14.4. The molecule has 0 saturated carbocycles. The van der Waals surface area contributed by atoms with Crippen molar-refractivity contribution in [3.8, 4) is 5.75 Å². The number of phenolic OH excluding ortho intramolecular Hbond substituents is 1. The Hall–Kier alpha value is -4.65. The van der Waals surface area contributed by atoms with Gasteiger partial charge in [0.1, 0.15) is 17.8 Å². The van der Waals surface area contributed by atoms with E-state index in [4.69, 9.17) is 20.3 Å². The summed E-state index contributed by atoms with van der Waals surface area (Å²) in [4.78, 5) is 95.7. The fourth-order valence-corrected chi connectivity index (χ4v) is 10.3. The van der Waals surface area contributed by atoms with Crippen molar-refractivity contribution in [3.05, 3.63) is 29.8 Å². The lowest BCUT2D eigenvalue weighted by Crippen LogP contribution is -2.55. The van der Waals surface area contributed by atoms with Gasteiger partial charge < -0.3 is 51.4 Å². The predicted octanol–water partition coefficient (Wildman–Crippen LogP) is 5.80. The number of methoxy groups -OCH3 is 2. The van der Waals surface area contributed by atoms with E-state index in [9.17, 15) is 43.8 Å². The SMILES string of the molecule is CCC(C)C(CC(C)C(C)C(=O)C(NC(=O)C(C(C)C)N(C)CCCCCC(=O)NCCCCC(N)C(=O)O)C(C)C)C(CC(=O)N1CCCC1C(OC)C(C)C(=O)NC(Cc1ccc(O)cc1)C(=O)O)OC. The monoisotopic (exact) mass is 1030 g/mol. The van der Waals surface area contributed by atoms with Crippen molar-refractivity contribution in [2.75, 3.05) is 40.9 Å². The van der Waals surface area contributed by atoms with Crippen LogP contribution in [0.25, 0.3) is 0 Å². The molecule has 1 fully saturated rings. The highest BCUT2D eigenvalue weighted by Crippen LogP contribution is 2.35. The minimum Gasteiger partial charge on any atom is -0.508 e. The van der Waals surface area contributed by atoms with Gasteiger partial charge in [0.25, 0.3) is 0 Å². The van der Waals surface area contributed by atoms with Crippen LogP contribution in [-0.4, -0.2) is 150 Å². The van der Waals surface area contributed by atoms with E-state index in [1.165, 1.54) is 19.2 Å². The molecule has 1 heterocycles. The molecule has 1 aromatic rings. The van der Waals surface area contributed by atoms with Gasteiger partial charge in [0.05, 0.1) is 42.7 Å². The molecule has 12 unspecified atom stereocenters. The van der Waals surface area contributed by atoms with E-state index in [1.807, 2.05) is 53.5 Å². The summed E-state index contributed by atoms with van der Waals surface area (Å²) in [6.07, 6.45) is 5.94. The molecule has 0 spiro atoms. The van der Waals surface area contributed by atoms with Crippen LogP contribution in [0, 0.1) is 41.4 Å². The average molecular weight is 1030 g/mol. The van der Waals surface area contributed by atoms with Gasteiger partial charge in [0.2, 0.25) is 23.6 Å². The van der Waals surface area contributed by atoms with Crippen molar-refractivity contribution in [3.63, 3.8) is 0 Å². The molecule has 18 nitrogen and oxygen atoms in total. The number of carbonyl (C=O) groups excluding carboxylic acids is 5. The highest BCUT2D eigenvalue weighted by Gasteiger charge is 2.43. The van der Waals surface area contributed by atoms with E-state index in [-0.39, 0.29) is 71.7 Å². The number of nitrogens with zero attached hydrogens (tertiary/aromatic N) is 2. The van der Waals surface area contributed by atoms with Crippen molar-refractivity contribution >= 4 is 41.4 Å². The van der Waals surface area contributed by atoms with Crippen LogP contribution < -0.4 is 21.7 Å². The molecule has 73 heavy (non-hydrogen) atoms. The highest BCUT2D eigenvalue weighted by molar-refractivity contribution is 5.92. The Labute approximate surface area is 436 Å². The number of phenols is 1. The van der Waals surface area contributed by atoms with Crippen molar-refractivity contribution in [1.82, 2.24) is 25.8 Å². The Morgan fingerprint density at radius 3 is 2.03 bits per heavy atom. The molecule has 416 valence electrons. The molecule has 0 aromatic heterocycles. The van der Waals surface area contributed by atoms with Crippen LogP contribution in [0.2, 0.25) is 0 Å². The first kappa shape index (κ1) is 64.5. The number of nitrogens with two attached hydrogens (primary N) is 1. The number of carboxylic acids is 2. The van der Waals surface area contributed by atoms with Gasteiger partial charge in [-0.05, 0) is 112 Å². The average Bonchev–Trinajstić information content (AvgIpc) is 3.83. The Bertz CT molecular complexity index is 1880. The third kappa shape index (κ3) is 20.9. The molecule has 18 heteroatoms. The summed E-state index contributed by atoms with van der Waals surface area (Å²) in [5.41, 5.74) is 6.17. The summed E-state index contributed by atoms with van der Waals surface area (Å²) >= 11 is 0. The Kier molecular flexibility index (Phi) is 28.8. The van der Waals surface area contributed by atoms with Crippen LogP contribution in [0.3, 0.4) is 0 Å². The summed E-state index contributed by atoms with van der Waals surface area (Å²) in [7, 11) is 5.01. The van der Waals surface area contributed by atoms with Crippen molar-refractivity contribution in [2.45, 2.75) is 188 Å². The zero-order valence-corrected chi connectivity index (χ0v) is 46.2. The molecule has 0 radical (unpaired) electrons. The quantitative estimate of drug-likeness (QED) is 0.0392. The van der Waals surface area contributed by atoms with Crippen LogP contribution in [0.4, 0.5) is 0 Å². The third-order valence-corrected chi connectivity index (χ3v) is 15.3. The predicted molar refractivity (Wildman–Crippen MR) is 281 cm³/mol. The molecular weight excluding hydrogens is 937 g/mol. The number of amides is 4. The molecule has 0 aliphatic carbocycles. The number of likely N-dealkylation sites (tertiary alicyclic amines) is 1. The summed E-state index contributed by atoms with van der Waals surface area (Å²) in [6.45, 7) is 19.3. The van der Waals surface area contributed by atoms with Crippen LogP contribution in [0.15, 0.2) is 24.3 Å². The van der Waals surface area contributed by atoms with E-state index in [1.54, 1.807) is 31.1 Å². The fourth-order valence-electron chi connectivity index (χ4n) is 10.3. The van der Waals surface area contributed by atoms with E-state index in [0.717, 1.165) is 19.3 Å². The number of unbranched alkanes of at least 4 members (excludes halogenated alkanes) is 3. The first-order chi connectivity index (χ1) is 34.4. The number of benzene rings is 1. The number of ether oxygens (including phenoxy) is 2. The van der Waals surface area contributed by atoms with E-state index < -0.39 is 72.1 Å². The van der Waals surface area contributed by atoms with Gasteiger partial charge in [-0.25, -0.2) is 4.79 Å². The second-order valence-electron chi connectivity index (χ2n) is 21.5. The molecule has 8 N–H and O–H groups in total. The fraction of sp³-hybridized carbons (Fsp3) is 0.764. The summed E-state index contributed by atoms with van der Waals surface area (Å²) in [5.74, 6) is -4.61. The molecule has 0 bridgehead atoms. The number of ketones is 1. The highest BCUT2D eigenvalue weighted by atomic mass is 16.5. The Morgan fingerprint density at radius 1 is 0.808 bits per heavy atom. The van der Waals surface area contributed by atoms with Gasteiger partial charge >= 0.3 is 11.9 Å². The number of likely N-dealkylation sites (N-methyl/N-ethyl adjacent to an activating group) is 1. The lowest BCUT2D eigenvalue weighted by molar-refractivity contribution is -0.145. The molecule has 12 atom stereocenters. The normalized spacial score (nSPS) is 18.5. The van der Waals surface area contributed by atoms with E-state index >= 15 is 0 Å². The summed E-state index contributed by atoms with van der Waals surface area (Å²) < 4.78 is 12.0. The number of Topliss-reactive ketones (excluding diaryl/α,β-unsaturated/α-hetero) is 1. The minimum absolute atomic E-state index is 0.0154. The standard InChI is InChI=1S/C55H94N6O12/c1-13-35(6)41(45(72-11)32-47(64)61-29-19-21-44(61)51(73-12)38(9)52(66)58-43(55(70)71)31-39-23-25-40(62)26-24-39)30-36(7)37(8)50(65)48(33(2)3)59-53(67)49(34(4)5)60(10)28-18-14-15-22-46(63)57-27-17-16-20-42(56)54(68)69/h23-26,33-38,41-45,48-49,51,62H,13-22,27-32,56H2,1-12H3,(H,57,63)(H,58,66)(H,59,67)(H,68,69)(H,70,71). The maximum Gasteiger partial charge on any atom is 0.326 e. The van der Waals surface area contributed by atoms with Gasteiger partial charge in [-0.15, -0.1) is 0 Å². The van der Waals surface area contributed by atoms with Crippen LogP contribution in [0.1, 0.15) is 145 Å². The topological polar surface area (TPSA) is 267 Å². The van der Waals surface area contributed by atoms with Crippen LogP contribution >= 0.6 is 0 Å². The maximum atomic E-state index is 14.4. The number of nitrogens with one attached hydrogen (secondary N) is 3. The number of carboxylic acid groups (broad SMARTS) is 2. The van der Waals surface area contributed by atoms with Crippen LogP contribution in [-0.2, 0) is 49.5 Å². The lowest BCUT2D eigenvalue weighted by Gasteiger charge is -2.37. The van der Waals surface area contributed by atoms with Crippen molar-refractivity contribution in [1.29, 1.82) is 0 Å². The second kappa shape index (κ2) is 32.6. The minimum atomic E-state index is -1.22. The van der Waals surface area contributed by atoms with Gasteiger partial charge in [-0.1, -0.05) is 87.3 Å². The van der Waals surface area contributed by atoms with E-state index in [0.29, 0.717) is 76.6 Å². The molecule has 1 aliphatic heterocycles. The molecule has 1 aliphatic rings. The smallest absolute Gasteiger partial charge is 0.326 e. The molecule has 2 rings (SSSR count). The molecule has 4 amide bonds. The Morgan fingerprint density at radius 2 is 1.47 bits per heavy atom. The van der Waals surface area contributed by atoms with Gasteiger partial charge in [0, 0.05) is 46.1 Å². The second-order valence-corrected chi connectivity index (χ2v) is 21.5. The third-order valence-electron chi connectivity index (χ3n) is 15.3.